The molecule has 1 aromatic carbocycles. The van der Waals surface area contributed by atoms with E-state index in [0.717, 1.165) is 55.5 Å². The first-order valence-electron chi connectivity index (χ1n) is 9.21. The van der Waals surface area contributed by atoms with Gasteiger partial charge in [0.25, 0.3) is 0 Å². The molecular weight excluding hydrogens is 387 g/mol. The van der Waals surface area contributed by atoms with E-state index in [1.54, 1.807) is 13.0 Å². The Kier molecular flexibility index (Phi) is 5.03. The van der Waals surface area contributed by atoms with Gasteiger partial charge in [0.1, 0.15) is 11.5 Å². The van der Waals surface area contributed by atoms with Gasteiger partial charge in [0.05, 0.1) is 11.3 Å². The fourth-order valence-electron chi connectivity index (χ4n) is 3.37. The molecule has 0 radical (unpaired) electrons. The minimum Gasteiger partial charge on any atom is -0.441 e. The van der Waals surface area contributed by atoms with E-state index >= 15 is 0 Å². The molecule has 0 bridgehead atoms. The number of piperazine rings is 1. The van der Waals surface area contributed by atoms with E-state index in [1.807, 2.05) is 6.92 Å². The van der Waals surface area contributed by atoms with Crippen molar-refractivity contribution in [2.24, 2.45) is 0 Å². The highest BCUT2D eigenvalue weighted by molar-refractivity contribution is 5.55. The molecule has 154 valence electrons. The van der Waals surface area contributed by atoms with Crippen molar-refractivity contribution in [3.8, 4) is 11.5 Å². The molecule has 0 atom stereocenters. The van der Waals surface area contributed by atoms with Crippen LogP contribution in [0, 0.1) is 13.8 Å². The summed E-state index contributed by atoms with van der Waals surface area (Å²) in [5, 5.41) is 7.75. The van der Waals surface area contributed by atoms with Crippen LogP contribution >= 0.6 is 0 Å². The van der Waals surface area contributed by atoms with Crippen molar-refractivity contribution in [2.75, 3.05) is 31.1 Å². The van der Waals surface area contributed by atoms with E-state index in [1.165, 1.54) is 6.07 Å². The smallest absolute Gasteiger partial charge is 0.416 e. The van der Waals surface area contributed by atoms with Crippen molar-refractivity contribution in [3.05, 3.63) is 47.0 Å². The third kappa shape index (κ3) is 4.12. The average Bonchev–Trinajstić information content (AvgIpc) is 3.28. The minimum atomic E-state index is -4.40. The molecular formula is C19H20F3N5O2. The van der Waals surface area contributed by atoms with Gasteiger partial charge in [0.15, 0.2) is 5.82 Å². The predicted molar refractivity (Wildman–Crippen MR) is 98.2 cm³/mol. The van der Waals surface area contributed by atoms with E-state index in [9.17, 15) is 13.2 Å². The van der Waals surface area contributed by atoms with Crippen LogP contribution in [0.5, 0.6) is 0 Å². The number of aromatic nitrogens is 3. The van der Waals surface area contributed by atoms with Gasteiger partial charge in [-0.25, -0.2) is 9.61 Å². The molecule has 1 saturated heterocycles. The summed E-state index contributed by atoms with van der Waals surface area (Å²) in [6.07, 6.45) is -4.40. The van der Waals surface area contributed by atoms with Crippen molar-refractivity contribution in [3.63, 3.8) is 0 Å². The molecule has 0 saturated carbocycles. The second-order valence-electron chi connectivity index (χ2n) is 7.04. The lowest BCUT2D eigenvalue weighted by atomic mass is 10.1. The number of anilines is 1. The van der Waals surface area contributed by atoms with Crippen LogP contribution in [0.15, 0.2) is 33.3 Å². The number of halogens is 3. The molecule has 1 fully saturated rings. The van der Waals surface area contributed by atoms with Crippen LogP contribution < -0.4 is 4.90 Å². The third-order valence-electron chi connectivity index (χ3n) is 5.00. The molecule has 1 aliphatic heterocycles. The summed E-state index contributed by atoms with van der Waals surface area (Å²) in [7, 11) is 0. The molecule has 3 aromatic rings. The third-order valence-corrected chi connectivity index (χ3v) is 5.00. The molecule has 7 nitrogen and oxygen atoms in total. The van der Waals surface area contributed by atoms with Crippen LogP contribution in [0.2, 0.25) is 0 Å². The maximum Gasteiger partial charge on any atom is 0.416 e. The largest absolute Gasteiger partial charge is 0.441 e. The fourth-order valence-corrected chi connectivity index (χ4v) is 3.37. The number of benzene rings is 1. The van der Waals surface area contributed by atoms with Crippen molar-refractivity contribution in [2.45, 2.75) is 26.6 Å². The highest BCUT2D eigenvalue weighted by atomic mass is 19.4. The van der Waals surface area contributed by atoms with Gasteiger partial charge in [0.2, 0.25) is 5.89 Å². The number of hydrogen-bond acceptors (Lipinski definition) is 7. The summed E-state index contributed by atoms with van der Waals surface area (Å²) in [6.45, 7) is 7.32. The molecule has 0 unspecified atom stereocenters. The maximum absolute atomic E-state index is 13.0. The first-order valence-corrected chi connectivity index (χ1v) is 9.21. The van der Waals surface area contributed by atoms with Gasteiger partial charge >= 0.3 is 6.18 Å². The van der Waals surface area contributed by atoms with Crippen LogP contribution in [0.3, 0.4) is 0 Å². The quantitative estimate of drug-likeness (QED) is 0.653. The molecule has 0 amide bonds. The standard InChI is InChI=1S/C19H20F3N5O2/c1-12-17(25-29-24-12)27-8-6-26(7-9-27)11-16-13(2)28-18(23-16)14-4-3-5-15(10-14)19(20,21)22/h3-5,10H,6-9,11H2,1-2H3. The molecule has 29 heavy (non-hydrogen) atoms. The Morgan fingerprint density at radius 1 is 1.07 bits per heavy atom. The number of nitrogens with zero attached hydrogens (tertiary/aromatic N) is 5. The second kappa shape index (κ2) is 7.51. The Bertz CT molecular complexity index is 990. The minimum absolute atomic E-state index is 0.200. The van der Waals surface area contributed by atoms with Gasteiger partial charge in [-0.15, -0.1) is 0 Å². The highest BCUT2D eigenvalue weighted by Crippen LogP contribution is 2.32. The van der Waals surface area contributed by atoms with Gasteiger partial charge in [-0.3, -0.25) is 4.90 Å². The molecule has 2 aromatic heterocycles. The Balaban J connectivity index is 1.44. The Labute approximate surface area is 165 Å². The van der Waals surface area contributed by atoms with Crippen LogP contribution in [-0.2, 0) is 12.7 Å². The topological polar surface area (TPSA) is 71.4 Å². The molecule has 1 aliphatic rings. The van der Waals surface area contributed by atoms with Gasteiger partial charge in [0, 0.05) is 38.3 Å². The monoisotopic (exact) mass is 407 g/mol. The van der Waals surface area contributed by atoms with E-state index in [4.69, 9.17) is 9.05 Å². The van der Waals surface area contributed by atoms with Crippen molar-refractivity contribution in [1.82, 2.24) is 20.2 Å². The van der Waals surface area contributed by atoms with E-state index in [2.05, 4.69) is 25.1 Å². The lowest BCUT2D eigenvalue weighted by molar-refractivity contribution is -0.137. The predicted octanol–water partition coefficient (Wildman–Crippen LogP) is 3.68. The van der Waals surface area contributed by atoms with Gasteiger partial charge < -0.3 is 9.32 Å². The number of hydrogen-bond donors (Lipinski definition) is 0. The van der Waals surface area contributed by atoms with E-state index in [0.29, 0.717) is 17.9 Å². The van der Waals surface area contributed by atoms with Crippen molar-refractivity contribution in [1.29, 1.82) is 0 Å². The van der Waals surface area contributed by atoms with Gasteiger partial charge in [-0.05, 0) is 37.2 Å². The Morgan fingerprint density at radius 2 is 1.83 bits per heavy atom. The molecule has 10 heteroatoms. The number of rotatable bonds is 4. The van der Waals surface area contributed by atoms with Gasteiger partial charge in [-0.1, -0.05) is 11.2 Å². The van der Waals surface area contributed by atoms with Gasteiger partial charge in [-0.2, -0.15) is 13.2 Å². The maximum atomic E-state index is 13.0. The number of alkyl halides is 3. The summed E-state index contributed by atoms with van der Waals surface area (Å²) in [4.78, 5) is 8.79. The zero-order valence-corrected chi connectivity index (χ0v) is 16.0. The number of oxazole rings is 1. The van der Waals surface area contributed by atoms with E-state index in [-0.39, 0.29) is 5.89 Å². The summed E-state index contributed by atoms with van der Waals surface area (Å²) in [6, 6.07) is 5.02. The van der Waals surface area contributed by atoms with Crippen molar-refractivity contribution < 1.29 is 22.2 Å². The van der Waals surface area contributed by atoms with E-state index < -0.39 is 11.7 Å². The molecule has 0 N–H and O–H groups in total. The SMILES string of the molecule is Cc1nonc1N1CCN(Cc2nc(-c3cccc(C(F)(F)F)c3)oc2C)CC1. The van der Waals surface area contributed by atoms with Crippen molar-refractivity contribution >= 4 is 5.82 Å². The second-order valence-corrected chi connectivity index (χ2v) is 7.04. The zero-order chi connectivity index (χ0) is 20.6. The van der Waals surface area contributed by atoms with Crippen LogP contribution in [0.25, 0.3) is 11.5 Å². The molecule has 0 spiro atoms. The Hall–Kier alpha value is -2.88. The molecule has 4 rings (SSSR count). The average molecular weight is 407 g/mol. The highest BCUT2D eigenvalue weighted by Gasteiger charge is 2.31. The Morgan fingerprint density at radius 3 is 2.48 bits per heavy atom. The van der Waals surface area contributed by atoms with Crippen LogP contribution in [-0.4, -0.2) is 46.4 Å². The lowest BCUT2D eigenvalue weighted by Gasteiger charge is -2.34. The lowest BCUT2D eigenvalue weighted by Crippen LogP contribution is -2.46. The molecule has 0 aliphatic carbocycles. The summed E-state index contributed by atoms with van der Waals surface area (Å²) in [5.74, 6) is 1.57. The first kappa shape index (κ1) is 19.4. The van der Waals surface area contributed by atoms with Crippen LogP contribution in [0.1, 0.15) is 22.7 Å². The summed E-state index contributed by atoms with van der Waals surface area (Å²) < 4.78 is 49.3. The summed E-state index contributed by atoms with van der Waals surface area (Å²) >= 11 is 0. The molecule has 3 heterocycles. The zero-order valence-electron chi connectivity index (χ0n) is 16.0. The normalized spacial score (nSPS) is 15.8. The first-order chi connectivity index (χ1) is 13.8. The van der Waals surface area contributed by atoms with Crippen LogP contribution in [0.4, 0.5) is 19.0 Å². The summed E-state index contributed by atoms with van der Waals surface area (Å²) in [5.41, 5.74) is 1.08. The number of aryl methyl sites for hydroxylation is 2. The fraction of sp³-hybridized carbons (Fsp3) is 0.421.